The summed E-state index contributed by atoms with van der Waals surface area (Å²) in [6, 6.07) is 5.33. The lowest BCUT2D eigenvalue weighted by molar-refractivity contribution is 0.0493. The van der Waals surface area contributed by atoms with Gasteiger partial charge in [0.2, 0.25) is 0 Å². The molecular formula is C20H32N4OS. The second-order valence-corrected chi connectivity index (χ2v) is 8.96. The number of likely N-dealkylation sites (tertiary alicyclic amines) is 1. The summed E-state index contributed by atoms with van der Waals surface area (Å²) >= 11 is 1.69. The zero-order valence-electron chi connectivity index (χ0n) is 16.0. The van der Waals surface area contributed by atoms with Crippen LogP contribution >= 0.6 is 11.3 Å². The molecule has 144 valence electrons. The van der Waals surface area contributed by atoms with E-state index in [4.69, 9.17) is 0 Å². The van der Waals surface area contributed by atoms with Crippen molar-refractivity contribution in [1.82, 2.24) is 20.0 Å². The summed E-state index contributed by atoms with van der Waals surface area (Å²) in [5, 5.41) is 3.53. The molecule has 1 amide bonds. The van der Waals surface area contributed by atoms with Crippen molar-refractivity contribution in [2.75, 3.05) is 52.4 Å². The number of nitrogens with zero attached hydrogens (tertiary/aromatic N) is 3. The Bertz CT molecular complexity index is 597. The molecule has 1 atom stereocenters. The molecule has 0 aromatic carbocycles. The van der Waals surface area contributed by atoms with E-state index < -0.39 is 0 Å². The van der Waals surface area contributed by atoms with E-state index in [2.05, 4.69) is 33.0 Å². The van der Waals surface area contributed by atoms with E-state index in [0.717, 1.165) is 37.4 Å². The molecule has 1 unspecified atom stereocenters. The molecular weight excluding hydrogens is 344 g/mol. The summed E-state index contributed by atoms with van der Waals surface area (Å²) in [4.78, 5) is 22.4. The molecule has 3 saturated heterocycles. The van der Waals surface area contributed by atoms with Gasteiger partial charge in [0.15, 0.2) is 0 Å². The number of piperazine rings is 1. The van der Waals surface area contributed by atoms with Crippen molar-refractivity contribution < 1.29 is 4.79 Å². The van der Waals surface area contributed by atoms with Crippen LogP contribution in [0, 0.1) is 0 Å². The fourth-order valence-corrected chi connectivity index (χ4v) is 5.70. The highest BCUT2D eigenvalue weighted by Crippen LogP contribution is 2.30. The maximum Gasteiger partial charge on any atom is 0.263 e. The molecule has 26 heavy (non-hydrogen) atoms. The van der Waals surface area contributed by atoms with Crippen LogP contribution in [0.15, 0.2) is 12.1 Å². The number of hydrogen-bond donors (Lipinski definition) is 1. The van der Waals surface area contributed by atoms with Crippen LogP contribution in [0.5, 0.6) is 0 Å². The molecule has 3 aliphatic rings. The Morgan fingerprint density at radius 3 is 2.54 bits per heavy atom. The minimum Gasteiger partial charge on any atom is -0.338 e. The van der Waals surface area contributed by atoms with Crippen LogP contribution in [0.2, 0.25) is 0 Å². The van der Waals surface area contributed by atoms with Gasteiger partial charge in [-0.2, -0.15) is 0 Å². The molecule has 0 bridgehead atoms. The monoisotopic (exact) mass is 376 g/mol. The third-order valence-corrected chi connectivity index (χ3v) is 7.55. The molecule has 3 aliphatic heterocycles. The Balaban J connectivity index is 1.28. The van der Waals surface area contributed by atoms with Gasteiger partial charge in [-0.15, -0.1) is 11.3 Å². The predicted octanol–water partition coefficient (Wildman–Crippen LogP) is 2.41. The number of carbonyl (C=O) groups excluding carboxylic acids is 1. The van der Waals surface area contributed by atoms with Gasteiger partial charge >= 0.3 is 0 Å². The first-order valence-corrected chi connectivity index (χ1v) is 11.1. The number of rotatable bonds is 4. The lowest BCUT2D eigenvalue weighted by atomic mass is 10.0. The minimum absolute atomic E-state index is 0.244. The molecule has 0 aliphatic carbocycles. The molecule has 6 heteroatoms. The van der Waals surface area contributed by atoms with Crippen molar-refractivity contribution in [2.24, 2.45) is 0 Å². The van der Waals surface area contributed by atoms with E-state index in [1.54, 1.807) is 11.3 Å². The molecule has 4 heterocycles. The summed E-state index contributed by atoms with van der Waals surface area (Å²) in [6.07, 6.45) is 4.69. The highest BCUT2D eigenvalue weighted by Gasteiger charge is 2.30. The van der Waals surface area contributed by atoms with Gasteiger partial charge in [0.1, 0.15) is 0 Å². The van der Waals surface area contributed by atoms with E-state index >= 15 is 0 Å². The number of hydrogen-bond acceptors (Lipinski definition) is 5. The van der Waals surface area contributed by atoms with Crippen LogP contribution in [0.3, 0.4) is 0 Å². The maximum atomic E-state index is 12.9. The maximum absolute atomic E-state index is 12.9. The molecule has 1 N–H and O–H groups in total. The lowest BCUT2D eigenvalue weighted by Crippen LogP contribution is -2.53. The normalized spacial score (nSPS) is 26.5. The van der Waals surface area contributed by atoms with Crippen LogP contribution < -0.4 is 5.32 Å². The van der Waals surface area contributed by atoms with E-state index in [-0.39, 0.29) is 5.91 Å². The Hall–Kier alpha value is -0.950. The second kappa shape index (κ2) is 8.38. The van der Waals surface area contributed by atoms with Gasteiger partial charge in [-0.25, -0.2) is 0 Å². The molecule has 1 aromatic rings. The molecule has 1 aromatic heterocycles. The average molecular weight is 377 g/mol. The highest BCUT2D eigenvalue weighted by atomic mass is 32.1. The third kappa shape index (κ3) is 3.98. The number of amides is 1. The first kappa shape index (κ1) is 18.4. The fourth-order valence-electron chi connectivity index (χ4n) is 4.62. The number of piperidine rings is 1. The zero-order chi connectivity index (χ0) is 17.9. The summed E-state index contributed by atoms with van der Waals surface area (Å²) in [6.45, 7) is 11.1. The van der Waals surface area contributed by atoms with Crippen molar-refractivity contribution >= 4 is 17.2 Å². The Labute approximate surface area is 161 Å². The van der Waals surface area contributed by atoms with Gasteiger partial charge in [-0.1, -0.05) is 6.92 Å². The van der Waals surface area contributed by atoms with Crippen molar-refractivity contribution in [3.05, 3.63) is 21.9 Å². The Morgan fingerprint density at radius 2 is 1.88 bits per heavy atom. The van der Waals surface area contributed by atoms with Gasteiger partial charge < -0.3 is 15.1 Å². The van der Waals surface area contributed by atoms with Crippen molar-refractivity contribution in [2.45, 2.75) is 44.7 Å². The van der Waals surface area contributed by atoms with Crippen molar-refractivity contribution in [3.63, 3.8) is 0 Å². The first-order chi connectivity index (χ1) is 12.7. The van der Waals surface area contributed by atoms with Crippen molar-refractivity contribution in [3.8, 4) is 0 Å². The van der Waals surface area contributed by atoms with Gasteiger partial charge in [-0.3, -0.25) is 9.69 Å². The van der Waals surface area contributed by atoms with Crippen LogP contribution in [0.25, 0.3) is 0 Å². The SMILES string of the molecule is CCN1CCN(C2CCN(C(=O)c3ccc(C4CCCN4)s3)CC2)CC1. The van der Waals surface area contributed by atoms with Gasteiger partial charge in [0, 0.05) is 56.2 Å². The predicted molar refractivity (Wildman–Crippen MR) is 107 cm³/mol. The van der Waals surface area contributed by atoms with E-state index in [0.29, 0.717) is 12.1 Å². The third-order valence-electron chi connectivity index (χ3n) is 6.36. The molecule has 0 saturated carbocycles. The van der Waals surface area contributed by atoms with E-state index in [1.807, 2.05) is 6.07 Å². The highest BCUT2D eigenvalue weighted by molar-refractivity contribution is 7.14. The molecule has 5 nitrogen and oxygen atoms in total. The van der Waals surface area contributed by atoms with E-state index in [9.17, 15) is 4.79 Å². The number of carbonyl (C=O) groups is 1. The minimum atomic E-state index is 0.244. The van der Waals surface area contributed by atoms with Gasteiger partial charge in [0.05, 0.1) is 4.88 Å². The van der Waals surface area contributed by atoms with Crippen LogP contribution in [-0.2, 0) is 0 Å². The van der Waals surface area contributed by atoms with Crippen LogP contribution in [-0.4, -0.2) is 79.0 Å². The lowest BCUT2D eigenvalue weighted by Gasteiger charge is -2.42. The Kier molecular flexibility index (Phi) is 5.93. The zero-order valence-corrected chi connectivity index (χ0v) is 16.8. The molecule has 3 fully saturated rings. The quantitative estimate of drug-likeness (QED) is 0.876. The summed E-state index contributed by atoms with van der Waals surface area (Å²) in [7, 11) is 0. The van der Waals surface area contributed by atoms with Crippen LogP contribution in [0.1, 0.15) is 53.2 Å². The molecule has 4 rings (SSSR count). The topological polar surface area (TPSA) is 38.8 Å². The number of nitrogens with one attached hydrogen (secondary N) is 1. The number of thiophene rings is 1. The molecule has 0 radical (unpaired) electrons. The largest absolute Gasteiger partial charge is 0.338 e. The first-order valence-electron chi connectivity index (χ1n) is 10.3. The standard InChI is InChI=1S/C20H32N4OS/c1-2-22-12-14-23(15-13-22)16-7-10-24(11-8-16)20(25)19-6-5-18(26-19)17-4-3-9-21-17/h5-6,16-17,21H,2-4,7-15H2,1H3. The summed E-state index contributed by atoms with van der Waals surface area (Å²) in [5.41, 5.74) is 0. The van der Waals surface area contributed by atoms with E-state index in [1.165, 1.54) is 50.4 Å². The van der Waals surface area contributed by atoms with Gasteiger partial charge in [0.25, 0.3) is 5.91 Å². The Morgan fingerprint density at radius 1 is 1.12 bits per heavy atom. The van der Waals surface area contributed by atoms with Gasteiger partial charge in [-0.05, 0) is 50.9 Å². The number of likely N-dealkylation sites (N-methyl/N-ethyl adjacent to an activating group) is 1. The molecule has 0 spiro atoms. The van der Waals surface area contributed by atoms with Crippen molar-refractivity contribution in [1.29, 1.82) is 0 Å². The second-order valence-electron chi connectivity index (χ2n) is 7.84. The van der Waals surface area contributed by atoms with Crippen LogP contribution in [0.4, 0.5) is 0 Å². The smallest absolute Gasteiger partial charge is 0.263 e. The summed E-state index contributed by atoms with van der Waals surface area (Å²) < 4.78 is 0. The summed E-state index contributed by atoms with van der Waals surface area (Å²) in [5.74, 6) is 0.244. The average Bonchev–Trinajstić information content (AvgIpc) is 3.39. The fraction of sp³-hybridized carbons (Fsp3) is 0.750.